The van der Waals surface area contributed by atoms with Crippen LogP contribution in [0, 0.1) is 5.92 Å². The van der Waals surface area contributed by atoms with Gasteiger partial charge in [-0.3, -0.25) is 0 Å². The summed E-state index contributed by atoms with van der Waals surface area (Å²) in [6.45, 7) is 0. The van der Waals surface area contributed by atoms with Crippen molar-refractivity contribution in [3.63, 3.8) is 0 Å². The van der Waals surface area contributed by atoms with Crippen molar-refractivity contribution in [2.75, 3.05) is 5.88 Å². The van der Waals surface area contributed by atoms with Crippen LogP contribution in [-0.2, 0) is 10.3 Å². The Balaban J connectivity index is 2.94. The van der Waals surface area contributed by atoms with E-state index in [1.165, 1.54) is 0 Å². The molecule has 0 spiro atoms. The fourth-order valence-corrected chi connectivity index (χ4v) is 1.97. The highest BCUT2D eigenvalue weighted by Crippen LogP contribution is 2.13. The Morgan fingerprint density at radius 3 is 2.75 bits per heavy atom. The maximum Gasteiger partial charge on any atom is 0.217 e. The normalized spacial score (nSPS) is 21.4. The van der Waals surface area contributed by atoms with Crippen LogP contribution < -0.4 is 0 Å². The molecular formula is C8H9ClO2S. The van der Waals surface area contributed by atoms with E-state index >= 15 is 0 Å². The predicted molar refractivity (Wildman–Crippen MR) is 51.0 cm³/mol. The van der Waals surface area contributed by atoms with E-state index in [0.29, 0.717) is 17.2 Å². The molecule has 0 N–H and O–H groups in total. The second kappa shape index (κ2) is 4.48. The van der Waals surface area contributed by atoms with Crippen LogP contribution in [0.15, 0.2) is 24.3 Å². The van der Waals surface area contributed by atoms with Crippen molar-refractivity contribution in [3.05, 3.63) is 24.3 Å². The molecule has 0 aromatic carbocycles. The van der Waals surface area contributed by atoms with E-state index in [0.717, 1.165) is 0 Å². The van der Waals surface area contributed by atoms with Gasteiger partial charge in [0, 0.05) is 11.8 Å². The third kappa shape index (κ3) is 2.22. The smallest absolute Gasteiger partial charge is 0.184 e. The lowest BCUT2D eigenvalue weighted by molar-refractivity contribution is 0.626. The van der Waals surface area contributed by atoms with Crippen LogP contribution in [0.3, 0.4) is 0 Å². The first-order valence-corrected chi connectivity index (χ1v) is 5.23. The number of halogens is 1. The summed E-state index contributed by atoms with van der Waals surface area (Å²) >= 11 is 5.53. The van der Waals surface area contributed by atoms with Crippen molar-refractivity contribution in [2.45, 2.75) is 6.42 Å². The first-order chi connectivity index (χ1) is 5.75. The van der Waals surface area contributed by atoms with Gasteiger partial charge in [-0.25, -0.2) is 0 Å². The van der Waals surface area contributed by atoms with E-state index in [9.17, 15) is 8.42 Å². The molecule has 2 nitrogen and oxygen atoms in total. The highest BCUT2D eigenvalue weighted by atomic mass is 35.5. The number of rotatable bonds is 2. The molecular weight excluding hydrogens is 196 g/mol. The first kappa shape index (κ1) is 9.55. The molecule has 12 heavy (non-hydrogen) atoms. The monoisotopic (exact) mass is 204 g/mol. The minimum atomic E-state index is -2.11. The van der Waals surface area contributed by atoms with Crippen LogP contribution in [0.2, 0.25) is 0 Å². The van der Waals surface area contributed by atoms with Crippen molar-refractivity contribution in [2.24, 2.45) is 5.92 Å². The van der Waals surface area contributed by atoms with Gasteiger partial charge in [-0.05, 0) is 12.5 Å². The fraction of sp³-hybridized carbons (Fsp3) is 0.375. The van der Waals surface area contributed by atoms with Crippen molar-refractivity contribution < 1.29 is 8.42 Å². The third-order valence-electron chi connectivity index (χ3n) is 1.69. The maximum absolute atomic E-state index is 10.7. The zero-order valence-electron chi connectivity index (χ0n) is 6.40. The molecule has 0 aliphatic heterocycles. The summed E-state index contributed by atoms with van der Waals surface area (Å²) in [7, 11) is -2.11. The number of hydrogen-bond donors (Lipinski definition) is 0. The van der Waals surface area contributed by atoms with E-state index in [4.69, 9.17) is 11.6 Å². The van der Waals surface area contributed by atoms with Gasteiger partial charge in [-0.15, -0.1) is 11.6 Å². The fourth-order valence-electron chi connectivity index (χ4n) is 1.10. The van der Waals surface area contributed by atoms with Gasteiger partial charge in [0.05, 0.1) is 4.86 Å². The average molecular weight is 205 g/mol. The van der Waals surface area contributed by atoms with E-state index in [2.05, 4.69) is 0 Å². The molecule has 1 aliphatic carbocycles. The van der Waals surface area contributed by atoms with E-state index in [-0.39, 0.29) is 5.92 Å². The van der Waals surface area contributed by atoms with Crippen molar-refractivity contribution >= 4 is 26.8 Å². The summed E-state index contributed by atoms with van der Waals surface area (Å²) in [5.41, 5.74) is 0. The first-order valence-electron chi connectivity index (χ1n) is 3.62. The lowest BCUT2D eigenvalue weighted by atomic mass is 9.98. The summed E-state index contributed by atoms with van der Waals surface area (Å²) in [5.74, 6) is 0.439. The van der Waals surface area contributed by atoms with E-state index in [1.54, 1.807) is 12.2 Å². The number of alkyl halides is 1. The second-order valence-corrected chi connectivity index (χ2v) is 3.78. The zero-order chi connectivity index (χ0) is 8.97. The Hall–Kier alpha value is -0.540. The topological polar surface area (TPSA) is 34.1 Å². The molecule has 4 heteroatoms. The summed E-state index contributed by atoms with van der Waals surface area (Å²) in [6, 6.07) is 0. The molecule has 1 aliphatic rings. The molecule has 0 aromatic heterocycles. The van der Waals surface area contributed by atoms with Gasteiger partial charge in [0.25, 0.3) is 0 Å². The average Bonchev–Trinajstić information content (AvgIpc) is 2.05. The van der Waals surface area contributed by atoms with Crippen molar-refractivity contribution in [1.82, 2.24) is 0 Å². The van der Waals surface area contributed by atoms with Crippen LogP contribution in [-0.4, -0.2) is 19.2 Å². The van der Waals surface area contributed by atoms with Gasteiger partial charge in [-0.1, -0.05) is 18.2 Å². The maximum atomic E-state index is 10.7. The summed E-state index contributed by atoms with van der Waals surface area (Å²) in [4.78, 5) is 0.429. The highest BCUT2D eigenvalue weighted by Gasteiger charge is 2.13. The highest BCUT2D eigenvalue weighted by molar-refractivity contribution is 7.73. The Morgan fingerprint density at radius 2 is 2.17 bits per heavy atom. The van der Waals surface area contributed by atoms with Crippen LogP contribution in [0.25, 0.3) is 0 Å². The van der Waals surface area contributed by atoms with Gasteiger partial charge < -0.3 is 0 Å². The molecule has 0 amide bonds. The Bertz CT molecular complexity index is 330. The molecule has 1 atom stereocenters. The molecule has 66 valence electrons. The molecule has 1 unspecified atom stereocenters. The minimum absolute atomic E-state index is 0.0363. The van der Waals surface area contributed by atoms with Gasteiger partial charge >= 0.3 is 0 Å². The van der Waals surface area contributed by atoms with Crippen LogP contribution in [0.5, 0.6) is 0 Å². The predicted octanol–water partition coefficient (Wildman–Crippen LogP) is 1.41. The number of allylic oxidation sites excluding steroid dienone is 4. The number of hydrogen-bond acceptors (Lipinski definition) is 2. The summed E-state index contributed by atoms with van der Waals surface area (Å²) < 4.78 is 21.3. The largest absolute Gasteiger partial charge is 0.217 e. The molecule has 0 saturated heterocycles. The van der Waals surface area contributed by atoms with E-state index < -0.39 is 10.3 Å². The van der Waals surface area contributed by atoms with Gasteiger partial charge in [-0.2, -0.15) is 8.42 Å². The van der Waals surface area contributed by atoms with Crippen LogP contribution in [0.1, 0.15) is 6.42 Å². The van der Waals surface area contributed by atoms with E-state index in [1.807, 2.05) is 12.2 Å². The summed E-state index contributed by atoms with van der Waals surface area (Å²) in [5, 5.41) is 0. The van der Waals surface area contributed by atoms with Crippen molar-refractivity contribution in [3.8, 4) is 0 Å². The lowest BCUT2D eigenvalue weighted by Gasteiger charge is -2.10. The summed E-state index contributed by atoms with van der Waals surface area (Å²) in [6.07, 6.45) is 7.70. The second-order valence-electron chi connectivity index (χ2n) is 2.47. The van der Waals surface area contributed by atoms with Crippen LogP contribution >= 0.6 is 11.6 Å². The molecule has 1 rings (SSSR count). The molecule has 0 bridgehead atoms. The Labute approximate surface area is 78.1 Å². The Kier molecular flexibility index (Phi) is 3.56. The van der Waals surface area contributed by atoms with Crippen molar-refractivity contribution in [1.29, 1.82) is 0 Å². The SMILES string of the molecule is O=S(=O)=C1C=CC=CC1CCCl. The molecule has 0 heterocycles. The van der Waals surface area contributed by atoms with Gasteiger partial charge in [0.1, 0.15) is 0 Å². The van der Waals surface area contributed by atoms with Crippen LogP contribution in [0.4, 0.5) is 0 Å². The zero-order valence-corrected chi connectivity index (χ0v) is 7.98. The lowest BCUT2D eigenvalue weighted by Crippen LogP contribution is -2.13. The quantitative estimate of drug-likeness (QED) is 0.504. The van der Waals surface area contributed by atoms with Gasteiger partial charge in [0.2, 0.25) is 10.3 Å². The standard InChI is InChI=1S/C8H9ClO2S/c9-6-5-7-3-1-2-4-8(7)12(10)11/h1-4,7H,5-6H2. The molecule has 0 radical (unpaired) electrons. The Morgan fingerprint density at radius 1 is 1.42 bits per heavy atom. The third-order valence-corrected chi connectivity index (χ3v) is 2.73. The molecule has 0 fully saturated rings. The molecule has 0 aromatic rings. The minimum Gasteiger partial charge on any atom is -0.184 e. The molecule has 0 saturated carbocycles. The van der Waals surface area contributed by atoms with Gasteiger partial charge in [0.15, 0.2) is 0 Å².